The van der Waals surface area contributed by atoms with Crippen LogP contribution in [0.3, 0.4) is 0 Å². The van der Waals surface area contributed by atoms with Gasteiger partial charge < -0.3 is 76.9 Å². The first-order chi connectivity index (χ1) is 34.7. The van der Waals surface area contributed by atoms with Crippen molar-refractivity contribution in [1.82, 2.24) is 41.9 Å². The molecule has 1 saturated carbocycles. The Labute approximate surface area is 424 Å². The van der Waals surface area contributed by atoms with Gasteiger partial charge in [0.05, 0.1) is 64.0 Å². The Morgan fingerprint density at radius 3 is 1.85 bits per heavy atom. The standard InChI is InChI=1S/C47H77N9O17/c1-30-7-9-31(10-8-30)42(63)54-36(45(67)68)11-13-38(58)51-16-18-70-20-23-73-28-40(60)52-17-19-71-21-22-72-27-39(59)50-15-5-4-6-32(44(65)66)24-37(57)35(12-14-41(61)62)55-46(69)47(2,3)56-43(64)34(48)25-33-26-49-29-53-33/h26,29-32,34-36H,4-25,27-28,48H2,1-3H3,(H,49,53)(H,50,59)(H,51,58)(H,52,60)(H,54,63)(H,55,69)(H,56,64)(H,61,62)(H,65,66)(H,67,68)/t30-,31-,32-,34+,35+,36+/m1/s1. The average molecular weight is 1040 g/mol. The van der Waals surface area contributed by atoms with E-state index in [2.05, 4.69) is 48.8 Å². The molecule has 4 atom stereocenters. The smallest absolute Gasteiger partial charge is 0.326 e. The highest BCUT2D eigenvalue weighted by molar-refractivity contribution is 5.96. The summed E-state index contributed by atoms with van der Waals surface area (Å²) in [6.45, 7) is 5.83. The summed E-state index contributed by atoms with van der Waals surface area (Å²) in [7, 11) is 0. The maximum Gasteiger partial charge on any atom is 0.326 e. The second-order valence-electron chi connectivity index (χ2n) is 18.4. The number of carbonyl (C=O) groups excluding carboxylic acids is 7. The van der Waals surface area contributed by atoms with Gasteiger partial charge in [-0.05, 0) is 71.1 Å². The van der Waals surface area contributed by atoms with Crippen molar-refractivity contribution >= 4 is 59.1 Å². The van der Waals surface area contributed by atoms with Crippen molar-refractivity contribution in [2.24, 2.45) is 23.5 Å². The molecule has 1 aliphatic carbocycles. The van der Waals surface area contributed by atoms with Gasteiger partial charge in [0.25, 0.3) is 0 Å². The lowest BCUT2D eigenvalue weighted by Crippen LogP contribution is -2.60. The highest BCUT2D eigenvalue weighted by Crippen LogP contribution is 2.28. The van der Waals surface area contributed by atoms with Gasteiger partial charge in [0, 0.05) is 63.1 Å². The van der Waals surface area contributed by atoms with Crippen LogP contribution in [0, 0.1) is 17.8 Å². The summed E-state index contributed by atoms with van der Waals surface area (Å²) in [5.41, 5.74) is 4.99. The van der Waals surface area contributed by atoms with Crippen LogP contribution in [0.1, 0.15) is 104 Å². The van der Waals surface area contributed by atoms with Crippen molar-refractivity contribution in [3.05, 3.63) is 18.2 Å². The number of Topliss-reactive ketones (excluding diaryl/α,β-unsaturated/α-hetero) is 1. The molecule has 0 saturated heterocycles. The monoisotopic (exact) mass is 1040 g/mol. The number of aromatic amines is 1. The van der Waals surface area contributed by atoms with E-state index in [0.29, 0.717) is 24.5 Å². The predicted octanol–water partition coefficient (Wildman–Crippen LogP) is -1.05. The topological polar surface area (TPSA) is 395 Å². The van der Waals surface area contributed by atoms with Crippen molar-refractivity contribution in [2.75, 3.05) is 72.5 Å². The molecule has 1 aromatic heterocycles. The number of ketones is 1. The molecule has 0 aromatic carbocycles. The number of rotatable bonds is 40. The molecule has 0 unspecified atom stereocenters. The van der Waals surface area contributed by atoms with E-state index in [0.717, 1.165) is 25.7 Å². The van der Waals surface area contributed by atoms with Gasteiger partial charge in [0.15, 0.2) is 5.78 Å². The third-order valence-corrected chi connectivity index (χ3v) is 11.8. The summed E-state index contributed by atoms with van der Waals surface area (Å²) >= 11 is 0. The number of hydrogen-bond donors (Lipinski definition) is 11. The van der Waals surface area contributed by atoms with Gasteiger partial charge in [-0.3, -0.25) is 43.2 Å². The number of H-pyrrole nitrogens is 1. The van der Waals surface area contributed by atoms with Gasteiger partial charge in [-0.15, -0.1) is 0 Å². The highest BCUT2D eigenvalue weighted by atomic mass is 16.5. The molecule has 0 bridgehead atoms. The minimum absolute atomic E-state index is 0.0356. The van der Waals surface area contributed by atoms with E-state index in [9.17, 15) is 63.3 Å². The zero-order valence-corrected chi connectivity index (χ0v) is 42.2. The quantitative estimate of drug-likeness (QED) is 0.0349. The number of aromatic nitrogens is 2. The largest absolute Gasteiger partial charge is 0.481 e. The summed E-state index contributed by atoms with van der Waals surface area (Å²) in [5.74, 6) is -8.10. The number of ether oxygens (including phenoxy) is 4. The number of nitrogens with zero attached hydrogens (tertiary/aromatic N) is 1. The Balaban J connectivity index is 1.50. The van der Waals surface area contributed by atoms with E-state index >= 15 is 0 Å². The molecule has 0 radical (unpaired) electrons. The molecular weight excluding hydrogens is 963 g/mol. The summed E-state index contributed by atoms with van der Waals surface area (Å²) in [6.07, 6.45) is 5.65. The van der Waals surface area contributed by atoms with Gasteiger partial charge in [-0.1, -0.05) is 13.3 Å². The molecule has 0 spiro atoms. The fourth-order valence-corrected chi connectivity index (χ4v) is 7.37. The van der Waals surface area contributed by atoms with E-state index in [-0.39, 0.29) is 128 Å². The number of carboxylic acids is 3. The van der Waals surface area contributed by atoms with Crippen LogP contribution in [0.25, 0.3) is 0 Å². The van der Waals surface area contributed by atoms with Crippen LogP contribution in [0.4, 0.5) is 0 Å². The maximum absolute atomic E-state index is 13.3. The molecular formula is C47H77N9O17. The third-order valence-electron chi connectivity index (χ3n) is 11.8. The average Bonchev–Trinajstić information content (AvgIpc) is 3.85. The third kappa shape index (κ3) is 28.1. The first-order valence-electron chi connectivity index (χ1n) is 24.7. The van der Waals surface area contributed by atoms with Gasteiger partial charge in [-0.25, -0.2) is 9.78 Å². The predicted molar refractivity (Wildman–Crippen MR) is 258 cm³/mol. The lowest BCUT2D eigenvalue weighted by molar-refractivity contribution is -0.145. The number of nitrogens with two attached hydrogens (primary N) is 1. The fourth-order valence-electron chi connectivity index (χ4n) is 7.37. The summed E-state index contributed by atoms with van der Waals surface area (Å²) in [4.78, 5) is 130. The van der Waals surface area contributed by atoms with Crippen molar-refractivity contribution in [1.29, 1.82) is 0 Å². The van der Waals surface area contributed by atoms with Crippen LogP contribution < -0.4 is 37.6 Å². The lowest BCUT2D eigenvalue weighted by Gasteiger charge is -2.29. The van der Waals surface area contributed by atoms with E-state index in [1.807, 2.05) is 0 Å². The Morgan fingerprint density at radius 2 is 1.29 bits per heavy atom. The number of carboxylic acid groups (broad SMARTS) is 3. The maximum atomic E-state index is 13.3. The number of imidazole rings is 1. The number of carbonyl (C=O) groups is 10. The molecule has 1 aliphatic rings. The van der Waals surface area contributed by atoms with E-state index in [4.69, 9.17) is 24.7 Å². The molecule has 1 fully saturated rings. The number of aliphatic carboxylic acids is 3. The molecule has 1 heterocycles. The number of amides is 6. The van der Waals surface area contributed by atoms with E-state index in [1.54, 1.807) is 0 Å². The van der Waals surface area contributed by atoms with Crippen LogP contribution >= 0.6 is 0 Å². The summed E-state index contributed by atoms with van der Waals surface area (Å²) in [6, 6.07) is -3.53. The van der Waals surface area contributed by atoms with Crippen molar-refractivity contribution < 1.29 is 82.2 Å². The van der Waals surface area contributed by atoms with Crippen LogP contribution in [-0.4, -0.2) is 181 Å². The van der Waals surface area contributed by atoms with Crippen LogP contribution in [0.15, 0.2) is 12.5 Å². The minimum Gasteiger partial charge on any atom is -0.481 e. The Morgan fingerprint density at radius 1 is 0.712 bits per heavy atom. The molecule has 26 nitrogen and oxygen atoms in total. The molecule has 6 amide bonds. The van der Waals surface area contributed by atoms with Crippen LogP contribution in [-0.2, 0) is 73.3 Å². The Hall–Kier alpha value is -6.09. The van der Waals surface area contributed by atoms with E-state index in [1.165, 1.54) is 26.4 Å². The zero-order chi connectivity index (χ0) is 54.2. The lowest BCUT2D eigenvalue weighted by atomic mass is 9.82. The van der Waals surface area contributed by atoms with E-state index < -0.39 is 83.8 Å². The SMILES string of the molecule is CC(C)(NC(=O)[C@@H](N)Cc1cnc[nH]1)C(=O)N[C@@H](CCC(=O)O)C(=O)C[C@@H](CCCCNC(=O)COCCOCCNC(=O)COCCOCCNC(=O)CC[C@H](NC(=O)[C@H]1CC[C@H](C)CC1)C(=O)O)C(=O)O. The highest BCUT2D eigenvalue weighted by Gasteiger charge is 2.35. The van der Waals surface area contributed by atoms with Crippen LogP contribution in [0.2, 0.25) is 0 Å². The van der Waals surface area contributed by atoms with Gasteiger partial charge in [0.1, 0.15) is 24.8 Å². The normalized spacial score (nSPS) is 16.2. The first kappa shape index (κ1) is 63.0. The van der Waals surface area contributed by atoms with Crippen molar-refractivity contribution in [2.45, 2.75) is 128 Å². The van der Waals surface area contributed by atoms with Gasteiger partial charge in [-0.2, -0.15) is 0 Å². The molecule has 26 heteroatoms. The fraction of sp³-hybridized carbons (Fsp3) is 0.723. The second kappa shape index (κ2) is 35.1. The summed E-state index contributed by atoms with van der Waals surface area (Å²) < 4.78 is 21.3. The van der Waals surface area contributed by atoms with Gasteiger partial charge in [0.2, 0.25) is 35.4 Å². The summed E-state index contributed by atoms with van der Waals surface area (Å²) in [5, 5.41) is 44.1. The molecule has 2 rings (SSSR count). The molecule has 1 aromatic rings. The van der Waals surface area contributed by atoms with Crippen LogP contribution in [0.5, 0.6) is 0 Å². The van der Waals surface area contributed by atoms with Crippen molar-refractivity contribution in [3.63, 3.8) is 0 Å². The first-order valence-corrected chi connectivity index (χ1v) is 24.7. The number of unbranched alkanes of at least 4 members (excludes halogenated alkanes) is 1. The number of hydrogen-bond acceptors (Lipinski definition) is 16. The number of nitrogens with one attached hydrogen (secondary N) is 7. The second-order valence-corrected chi connectivity index (χ2v) is 18.4. The molecule has 412 valence electrons. The Bertz CT molecular complexity index is 1910. The van der Waals surface area contributed by atoms with Gasteiger partial charge >= 0.3 is 17.9 Å². The molecule has 73 heavy (non-hydrogen) atoms. The zero-order valence-electron chi connectivity index (χ0n) is 42.2. The van der Waals surface area contributed by atoms with Crippen molar-refractivity contribution in [3.8, 4) is 0 Å². The molecule has 12 N–H and O–H groups in total. The Kier molecular flexibility index (Phi) is 30.3. The minimum atomic E-state index is -1.58. The molecule has 0 aliphatic heterocycles.